The van der Waals surface area contributed by atoms with Crippen LogP contribution in [0.25, 0.3) is 16.9 Å². The zero-order valence-corrected chi connectivity index (χ0v) is 15.1. The van der Waals surface area contributed by atoms with E-state index in [-0.39, 0.29) is 11.6 Å². The van der Waals surface area contributed by atoms with Crippen molar-refractivity contribution < 1.29 is 15.0 Å². The molecule has 3 rings (SSSR count). The average molecular weight is 381 g/mol. The highest BCUT2D eigenvalue weighted by atomic mass is 32.2. The average Bonchev–Trinajstić information content (AvgIpc) is 2.96. The molecule has 27 heavy (non-hydrogen) atoms. The summed E-state index contributed by atoms with van der Waals surface area (Å²) in [6.07, 6.45) is 1.53. The minimum atomic E-state index is -0.913. The molecule has 3 aromatic rings. The topological polar surface area (TPSA) is 124 Å². The number of carboxylic acid groups (broad SMARTS) is 1. The van der Waals surface area contributed by atoms with Crippen molar-refractivity contribution >= 4 is 23.6 Å². The molecule has 9 heteroatoms. The lowest BCUT2D eigenvalue weighted by atomic mass is 10.0. The van der Waals surface area contributed by atoms with Gasteiger partial charge in [0.25, 0.3) is 0 Å². The number of nitrogens with zero attached hydrogens (tertiary/aromatic N) is 4. The van der Waals surface area contributed by atoms with Crippen molar-refractivity contribution in [1.29, 1.82) is 5.26 Å². The minimum Gasteiger partial charge on any atom is -0.493 e. The van der Waals surface area contributed by atoms with E-state index in [1.165, 1.54) is 10.9 Å². The van der Waals surface area contributed by atoms with Crippen molar-refractivity contribution in [3.8, 4) is 28.9 Å². The third kappa shape index (κ3) is 4.02. The molecule has 3 N–H and O–H groups in total. The van der Waals surface area contributed by atoms with Crippen LogP contribution in [-0.2, 0) is 4.79 Å². The van der Waals surface area contributed by atoms with Crippen molar-refractivity contribution in [3.63, 3.8) is 0 Å². The number of aromatic hydroxyl groups is 1. The Morgan fingerprint density at radius 3 is 2.63 bits per heavy atom. The van der Waals surface area contributed by atoms with E-state index in [9.17, 15) is 9.90 Å². The highest BCUT2D eigenvalue weighted by molar-refractivity contribution is 8.01. The molecule has 0 saturated heterocycles. The van der Waals surface area contributed by atoms with Gasteiger partial charge in [0, 0.05) is 0 Å². The molecule has 8 nitrogen and oxygen atoms in total. The molecule has 0 amide bonds. The number of carbonyl (C=O) groups is 1. The predicted molar refractivity (Wildman–Crippen MR) is 102 cm³/mol. The van der Waals surface area contributed by atoms with E-state index in [4.69, 9.17) is 10.4 Å². The molecule has 0 spiro atoms. The zero-order chi connectivity index (χ0) is 19.4. The van der Waals surface area contributed by atoms with E-state index in [1.54, 1.807) is 43.3 Å². The molecule has 0 aliphatic carbocycles. The number of aromatic nitrogens is 3. The number of rotatable bonds is 6. The standard InChI is InChI=1S/C18H15N5O3S/c1-11-17(13-4-2-12(8-19)3-5-13)18(26)23(21-11)15-7-6-14(9-20-15)22-27-10-16(24)25/h2-7,9,22,26H,10H2,1H3,(H,24,25). The van der Waals surface area contributed by atoms with Crippen LogP contribution in [0.15, 0.2) is 42.6 Å². The Kier molecular flexibility index (Phi) is 5.28. The Hall–Kier alpha value is -3.51. The van der Waals surface area contributed by atoms with Crippen LogP contribution in [0.5, 0.6) is 5.88 Å². The number of pyridine rings is 1. The first-order valence-electron chi connectivity index (χ1n) is 7.84. The molecule has 0 bridgehead atoms. The zero-order valence-electron chi connectivity index (χ0n) is 14.2. The number of nitriles is 1. The van der Waals surface area contributed by atoms with Crippen molar-refractivity contribution in [3.05, 3.63) is 53.9 Å². The normalized spacial score (nSPS) is 10.4. The van der Waals surface area contributed by atoms with Crippen LogP contribution in [0.3, 0.4) is 0 Å². The third-order valence-electron chi connectivity index (χ3n) is 3.69. The molecule has 0 unspecified atom stereocenters. The van der Waals surface area contributed by atoms with Gasteiger partial charge in [0.15, 0.2) is 5.82 Å². The molecule has 0 aliphatic rings. The van der Waals surface area contributed by atoms with Crippen LogP contribution >= 0.6 is 11.9 Å². The van der Waals surface area contributed by atoms with Crippen molar-refractivity contribution in [2.24, 2.45) is 0 Å². The van der Waals surface area contributed by atoms with Crippen LogP contribution in [-0.4, -0.2) is 36.7 Å². The Morgan fingerprint density at radius 1 is 1.30 bits per heavy atom. The molecule has 0 saturated carbocycles. The summed E-state index contributed by atoms with van der Waals surface area (Å²) in [7, 11) is 0. The van der Waals surface area contributed by atoms with Crippen LogP contribution in [0.2, 0.25) is 0 Å². The van der Waals surface area contributed by atoms with Gasteiger partial charge in [0.05, 0.1) is 34.8 Å². The second kappa shape index (κ2) is 7.80. The van der Waals surface area contributed by atoms with Gasteiger partial charge in [-0.1, -0.05) is 12.1 Å². The first-order chi connectivity index (χ1) is 13.0. The summed E-state index contributed by atoms with van der Waals surface area (Å²) in [4.78, 5) is 14.8. The fourth-order valence-corrected chi connectivity index (χ4v) is 2.96. The van der Waals surface area contributed by atoms with Crippen LogP contribution < -0.4 is 4.72 Å². The van der Waals surface area contributed by atoms with Crippen molar-refractivity contribution in [2.75, 3.05) is 10.5 Å². The number of hydrogen-bond donors (Lipinski definition) is 3. The number of nitrogens with one attached hydrogen (secondary N) is 1. The fourth-order valence-electron chi connectivity index (χ4n) is 2.48. The molecule has 0 aliphatic heterocycles. The summed E-state index contributed by atoms with van der Waals surface area (Å²) >= 11 is 1.04. The molecule has 1 aromatic carbocycles. The van der Waals surface area contributed by atoms with Gasteiger partial charge in [0.2, 0.25) is 5.88 Å². The van der Waals surface area contributed by atoms with E-state index in [0.717, 1.165) is 17.5 Å². The number of carboxylic acids is 1. The number of benzene rings is 1. The molecule has 0 fully saturated rings. The van der Waals surface area contributed by atoms with E-state index in [2.05, 4.69) is 20.9 Å². The lowest BCUT2D eigenvalue weighted by Crippen LogP contribution is -2.02. The highest BCUT2D eigenvalue weighted by Crippen LogP contribution is 2.34. The summed E-state index contributed by atoms with van der Waals surface area (Å²) in [5.74, 6) is -0.617. The highest BCUT2D eigenvalue weighted by Gasteiger charge is 2.18. The fraction of sp³-hybridized carbons (Fsp3) is 0.111. The third-order valence-corrected chi connectivity index (χ3v) is 4.46. The molecule has 0 radical (unpaired) electrons. The number of aryl methyl sites for hydroxylation is 1. The van der Waals surface area contributed by atoms with Gasteiger partial charge in [-0.15, -0.1) is 0 Å². The molecule has 136 valence electrons. The van der Waals surface area contributed by atoms with Crippen molar-refractivity contribution in [2.45, 2.75) is 6.92 Å². The Balaban J connectivity index is 1.85. The van der Waals surface area contributed by atoms with Crippen LogP contribution in [0.4, 0.5) is 5.69 Å². The van der Waals surface area contributed by atoms with Crippen LogP contribution in [0.1, 0.15) is 11.3 Å². The first kappa shape index (κ1) is 18.3. The molecular weight excluding hydrogens is 366 g/mol. The number of anilines is 1. The molecule has 0 atom stereocenters. The van der Waals surface area contributed by atoms with E-state index in [1.807, 2.05) is 0 Å². The Morgan fingerprint density at radius 2 is 2.04 bits per heavy atom. The second-order valence-electron chi connectivity index (χ2n) is 5.57. The summed E-state index contributed by atoms with van der Waals surface area (Å²) in [6.45, 7) is 1.78. The number of aliphatic carboxylic acids is 1. The van der Waals surface area contributed by atoms with Crippen molar-refractivity contribution in [1.82, 2.24) is 14.8 Å². The van der Waals surface area contributed by atoms with Gasteiger partial charge in [-0.2, -0.15) is 15.0 Å². The maximum atomic E-state index is 10.6. The van der Waals surface area contributed by atoms with Gasteiger partial charge in [-0.3, -0.25) is 4.79 Å². The lowest BCUT2D eigenvalue weighted by molar-refractivity contribution is -0.133. The SMILES string of the molecule is Cc1nn(-c2ccc(NSCC(=O)O)cn2)c(O)c1-c1ccc(C#N)cc1. The monoisotopic (exact) mass is 381 g/mol. The van der Waals surface area contributed by atoms with Gasteiger partial charge >= 0.3 is 5.97 Å². The molecule has 2 heterocycles. The quantitative estimate of drug-likeness (QED) is 0.557. The van der Waals surface area contributed by atoms with Gasteiger partial charge < -0.3 is 14.9 Å². The maximum absolute atomic E-state index is 10.6. The minimum absolute atomic E-state index is 0.0503. The summed E-state index contributed by atoms with van der Waals surface area (Å²) in [5, 5.41) is 32.5. The largest absolute Gasteiger partial charge is 0.493 e. The van der Waals surface area contributed by atoms with Gasteiger partial charge in [-0.05, 0) is 48.7 Å². The van der Waals surface area contributed by atoms with E-state index < -0.39 is 5.97 Å². The van der Waals surface area contributed by atoms with Gasteiger partial charge in [-0.25, -0.2) is 4.98 Å². The molecule has 2 aromatic heterocycles. The first-order valence-corrected chi connectivity index (χ1v) is 8.83. The predicted octanol–water partition coefficient (Wildman–Crippen LogP) is 2.96. The van der Waals surface area contributed by atoms with E-state index >= 15 is 0 Å². The smallest absolute Gasteiger partial charge is 0.315 e. The summed E-state index contributed by atoms with van der Waals surface area (Å²) in [6, 6.07) is 12.3. The van der Waals surface area contributed by atoms with E-state index in [0.29, 0.717) is 28.3 Å². The maximum Gasteiger partial charge on any atom is 0.315 e. The molecular formula is C18H15N5O3S. The number of hydrogen-bond acceptors (Lipinski definition) is 7. The van der Waals surface area contributed by atoms with Crippen LogP contribution in [0, 0.1) is 18.3 Å². The Bertz CT molecular complexity index is 1010. The Labute approximate surface area is 159 Å². The second-order valence-corrected chi connectivity index (χ2v) is 6.36. The van der Waals surface area contributed by atoms with Gasteiger partial charge in [0.1, 0.15) is 5.75 Å². The summed E-state index contributed by atoms with van der Waals surface area (Å²) < 4.78 is 4.21. The summed E-state index contributed by atoms with van der Waals surface area (Å²) in [5.41, 5.74) is 3.12. The lowest BCUT2D eigenvalue weighted by Gasteiger charge is -2.06.